The van der Waals surface area contributed by atoms with Crippen molar-refractivity contribution in [3.05, 3.63) is 11.6 Å². The summed E-state index contributed by atoms with van der Waals surface area (Å²) in [6.07, 6.45) is 3.73. The van der Waals surface area contributed by atoms with E-state index in [1.165, 1.54) is 12.0 Å². The molecule has 0 bridgehead atoms. The van der Waals surface area contributed by atoms with Crippen LogP contribution in [0.15, 0.2) is 16.6 Å². The molecule has 1 saturated heterocycles. The molecule has 0 saturated carbocycles. The zero-order valence-electron chi connectivity index (χ0n) is 12.1. The van der Waals surface area contributed by atoms with E-state index in [0.717, 1.165) is 45.9 Å². The minimum Gasteiger partial charge on any atom is -0.375 e. The Morgan fingerprint density at radius 2 is 2.37 bits per heavy atom. The normalized spacial score (nSPS) is 26.4. The molecule has 2 N–H and O–H groups in total. The van der Waals surface area contributed by atoms with E-state index >= 15 is 0 Å². The smallest absolute Gasteiger partial charge is 0.191 e. The molecule has 0 amide bonds. The summed E-state index contributed by atoms with van der Waals surface area (Å²) in [5.41, 5.74) is 7.54. The van der Waals surface area contributed by atoms with Gasteiger partial charge in [0.1, 0.15) is 0 Å². The number of hydrogen-bond acceptors (Lipinski definition) is 3. The highest BCUT2D eigenvalue weighted by atomic mass is 16.5. The molecule has 2 aliphatic rings. The number of ether oxygens (including phenoxy) is 1. The average Bonchev–Trinajstić information content (AvgIpc) is 2.41. The van der Waals surface area contributed by atoms with Gasteiger partial charge in [0.2, 0.25) is 0 Å². The molecule has 0 aromatic heterocycles. The molecule has 0 aromatic rings. The van der Waals surface area contributed by atoms with E-state index in [9.17, 15) is 0 Å². The highest BCUT2D eigenvalue weighted by Gasteiger charge is 2.18. The summed E-state index contributed by atoms with van der Waals surface area (Å²) in [5, 5.41) is 0. The van der Waals surface area contributed by atoms with Gasteiger partial charge in [-0.3, -0.25) is 9.89 Å². The third-order valence-corrected chi connectivity index (χ3v) is 3.78. The fraction of sp³-hybridized carbons (Fsp3) is 0.786. The SMILES string of the molecule is CC1=CCN(CCN=C(N)N2CCOC(C)C2)CC1. The molecule has 5 nitrogen and oxygen atoms in total. The molecule has 1 unspecified atom stereocenters. The van der Waals surface area contributed by atoms with Gasteiger partial charge in [-0.2, -0.15) is 0 Å². The predicted octanol–water partition coefficient (Wildman–Crippen LogP) is 0.674. The summed E-state index contributed by atoms with van der Waals surface area (Å²) in [7, 11) is 0. The average molecular weight is 266 g/mol. The molecule has 0 aromatic carbocycles. The summed E-state index contributed by atoms with van der Waals surface area (Å²) in [4.78, 5) is 9.04. The van der Waals surface area contributed by atoms with Crippen LogP contribution in [0.2, 0.25) is 0 Å². The van der Waals surface area contributed by atoms with Crippen molar-refractivity contribution in [1.29, 1.82) is 0 Å². The van der Waals surface area contributed by atoms with E-state index in [1.807, 2.05) is 0 Å². The van der Waals surface area contributed by atoms with E-state index in [1.54, 1.807) is 0 Å². The monoisotopic (exact) mass is 266 g/mol. The maximum atomic E-state index is 6.04. The predicted molar refractivity (Wildman–Crippen MR) is 78.3 cm³/mol. The Labute approximate surface area is 116 Å². The van der Waals surface area contributed by atoms with Gasteiger partial charge < -0.3 is 15.4 Å². The lowest BCUT2D eigenvalue weighted by molar-refractivity contribution is 0.00529. The van der Waals surface area contributed by atoms with Crippen molar-refractivity contribution in [3.8, 4) is 0 Å². The fourth-order valence-corrected chi connectivity index (χ4v) is 2.45. The molecule has 1 atom stereocenters. The molecule has 108 valence electrons. The van der Waals surface area contributed by atoms with Crippen LogP contribution in [0.3, 0.4) is 0 Å². The summed E-state index contributed by atoms with van der Waals surface area (Å²) >= 11 is 0. The van der Waals surface area contributed by atoms with Crippen molar-refractivity contribution in [2.45, 2.75) is 26.4 Å². The molecule has 19 heavy (non-hydrogen) atoms. The zero-order valence-corrected chi connectivity index (χ0v) is 12.1. The highest BCUT2D eigenvalue weighted by Crippen LogP contribution is 2.09. The van der Waals surface area contributed by atoms with Crippen molar-refractivity contribution in [2.24, 2.45) is 10.7 Å². The molecule has 2 aliphatic heterocycles. The van der Waals surface area contributed by atoms with Crippen LogP contribution >= 0.6 is 0 Å². The Morgan fingerprint density at radius 1 is 1.53 bits per heavy atom. The number of hydrogen-bond donors (Lipinski definition) is 1. The van der Waals surface area contributed by atoms with Crippen molar-refractivity contribution >= 4 is 5.96 Å². The van der Waals surface area contributed by atoms with Crippen LogP contribution in [0, 0.1) is 0 Å². The van der Waals surface area contributed by atoms with Crippen LogP contribution in [0.4, 0.5) is 0 Å². The summed E-state index contributed by atoms with van der Waals surface area (Å²) < 4.78 is 5.50. The first-order valence-corrected chi connectivity index (χ1v) is 7.19. The summed E-state index contributed by atoms with van der Waals surface area (Å²) in [6.45, 7) is 10.7. The molecule has 0 radical (unpaired) electrons. The summed E-state index contributed by atoms with van der Waals surface area (Å²) in [5.74, 6) is 0.666. The van der Waals surface area contributed by atoms with Gasteiger partial charge in [0.15, 0.2) is 5.96 Å². The second-order valence-corrected chi connectivity index (χ2v) is 5.47. The van der Waals surface area contributed by atoms with Gasteiger partial charge in [0.25, 0.3) is 0 Å². The van der Waals surface area contributed by atoms with E-state index < -0.39 is 0 Å². The lowest BCUT2D eigenvalue weighted by atomic mass is 10.1. The molecule has 0 spiro atoms. The topological polar surface area (TPSA) is 54.1 Å². The van der Waals surface area contributed by atoms with E-state index in [4.69, 9.17) is 10.5 Å². The van der Waals surface area contributed by atoms with Gasteiger partial charge in [-0.15, -0.1) is 0 Å². The quantitative estimate of drug-likeness (QED) is 0.463. The van der Waals surface area contributed by atoms with Crippen molar-refractivity contribution in [3.63, 3.8) is 0 Å². The van der Waals surface area contributed by atoms with Crippen LogP contribution < -0.4 is 5.73 Å². The first-order chi connectivity index (χ1) is 9.15. The molecular formula is C14H26N4O. The third kappa shape index (κ3) is 4.51. The largest absolute Gasteiger partial charge is 0.375 e. The van der Waals surface area contributed by atoms with Gasteiger partial charge in [0.05, 0.1) is 19.3 Å². The molecule has 1 fully saturated rings. The second kappa shape index (κ2) is 6.91. The van der Waals surface area contributed by atoms with Gasteiger partial charge in [-0.25, -0.2) is 0 Å². The lowest BCUT2D eigenvalue weighted by Gasteiger charge is -2.32. The van der Waals surface area contributed by atoms with Crippen LogP contribution in [-0.2, 0) is 4.74 Å². The number of morpholine rings is 1. The van der Waals surface area contributed by atoms with Crippen molar-refractivity contribution < 1.29 is 4.74 Å². The maximum Gasteiger partial charge on any atom is 0.191 e. The summed E-state index contributed by atoms with van der Waals surface area (Å²) in [6, 6.07) is 0. The zero-order chi connectivity index (χ0) is 13.7. The van der Waals surface area contributed by atoms with Gasteiger partial charge in [0, 0.05) is 32.7 Å². The second-order valence-electron chi connectivity index (χ2n) is 5.47. The molecule has 2 rings (SSSR count). The van der Waals surface area contributed by atoms with Crippen LogP contribution in [-0.4, -0.2) is 67.7 Å². The van der Waals surface area contributed by atoms with E-state index in [2.05, 4.69) is 34.7 Å². The number of aliphatic imine (C=N–C) groups is 1. The standard InChI is InChI=1S/C14H26N4O/c1-12-3-6-17(7-4-12)8-5-16-14(15)18-9-10-19-13(2)11-18/h3,13H,4-11H2,1-2H3,(H2,15,16). The minimum absolute atomic E-state index is 0.248. The van der Waals surface area contributed by atoms with Crippen molar-refractivity contribution in [1.82, 2.24) is 9.80 Å². The van der Waals surface area contributed by atoms with E-state index in [-0.39, 0.29) is 6.10 Å². The minimum atomic E-state index is 0.248. The van der Waals surface area contributed by atoms with Crippen LogP contribution in [0.5, 0.6) is 0 Å². The number of rotatable bonds is 3. The first-order valence-electron chi connectivity index (χ1n) is 7.19. The van der Waals surface area contributed by atoms with Crippen LogP contribution in [0.1, 0.15) is 20.3 Å². The Bertz CT molecular complexity index is 353. The molecular weight excluding hydrogens is 240 g/mol. The lowest BCUT2D eigenvalue weighted by Crippen LogP contribution is -2.48. The van der Waals surface area contributed by atoms with Gasteiger partial charge >= 0.3 is 0 Å². The fourth-order valence-electron chi connectivity index (χ4n) is 2.45. The molecule has 0 aliphatic carbocycles. The Kier molecular flexibility index (Phi) is 5.22. The number of nitrogens with zero attached hydrogens (tertiary/aromatic N) is 3. The van der Waals surface area contributed by atoms with Gasteiger partial charge in [-0.1, -0.05) is 11.6 Å². The Balaban J connectivity index is 1.72. The Morgan fingerprint density at radius 3 is 3.05 bits per heavy atom. The molecule has 2 heterocycles. The maximum absolute atomic E-state index is 6.04. The molecule has 5 heteroatoms. The highest BCUT2D eigenvalue weighted by molar-refractivity contribution is 5.78. The third-order valence-electron chi connectivity index (χ3n) is 3.78. The van der Waals surface area contributed by atoms with Crippen molar-refractivity contribution in [2.75, 3.05) is 45.9 Å². The van der Waals surface area contributed by atoms with Gasteiger partial charge in [-0.05, 0) is 20.3 Å². The number of nitrogens with two attached hydrogens (primary N) is 1. The van der Waals surface area contributed by atoms with Crippen LogP contribution in [0.25, 0.3) is 0 Å². The van der Waals surface area contributed by atoms with E-state index in [0.29, 0.717) is 5.96 Å². The Hall–Kier alpha value is -1.07. The number of guanidine groups is 1. The first kappa shape index (κ1) is 14.3.